The monoisotopic (exact) mass is 880 g/mol. The second-order valence-electron chi connectivity index (χ2n) is 17.0. The maximum absolute atomic E-state index is 14.0. The number of hydrogen-bond donors (Lipinski definition) is 4. The number of amides is 4. The Morgan fingerprint density at radius 2 is 1.29 bits per heavy atom. The van der Waals surface area contributed by atoms with Crippen molar-refractivity contribution in [3.63, 3.8) is 0 Å². The molecule has 3 saturated heterocycles. The highest BCUT2D eigenvalue weighted by molar-refractivity contribution is 5.91. The van der Waals surface area contributed by atoms with E-state index in [1.54, 1.807) is 22.2 Å². The van der Waals surface area contributed by atoms with Crippen molar-refractivity contribution >= 4 is 34.8 Å². The number of fused-ring (bicyclic) bond motifs is 1. The van der Waals surface area contributed by atoms with E-state index in [-0.39, 0.29) is 30.3 Å². The predicted molar refractivity (Wildman–Crippen MR) is 241 cm³/mol. The van der Waals surface area contributed by atoms with Gasteiger partial charge in [-0.2, -0.15) is 0 Å². The van der Waals surface area contributed by atoms with Gasteiger partial charge >= 0.3 is 12.2 Å². The molecular formula is C49H52N8O8. The van der Waals surface area contributed by atoms with Gasteiger partial charge in [-0.25, -0.2) is 19.6 Å². The summed E-state index contributed by atoms with van der Waals surface area (Å²) in [4.78, 5) is 72.3. The van der Waals surface area contributed by atoms with E-state index in [9.17, 15) is 19.2 Å². The van der Waals surface area contributed by atoms with Crippen molar-refractivity contribution in [1.29, 1.82) is 0 Å². The maximum Gasteiger partial charge on any atom is 0.407 e. The van der Waals surface area contributed by atoms with Crippen LogP contribution in [0.25, 0.3) is 44.4 Å². The van der Waals surface area contributed by atoms with Gasteiger partial charge in [0.15, 0.2) is 5.79 Å². The van der Waals surface area contributed by atoms with Crippen molar-refractivity contribution in [2.45, 2.75) is 63.1 Å². The third-order valence-electron chi connectivity index (χ3n) is 12.6. The molecule has 16 nitrogen and oxygen atoms in total. The number of carbonyl (C=O) groups is 4. The summed E-state index contributed by atoms with van der Waals surface area (Å²) in [7, 11) is 2.55. The zero-order chi connectivity index (χ0) is 45.2. The van der Waals surface area contributed by atoms with Crippen LogP contribution < -0.4 is 10.6 Å². The van der Waals surface area contributed by atoms with Crippen LogP contribution in [0.3, 0.4) is 0 Å². The molecule has 1 spiro atoms. The highest BCUT2D eigenvalue weighted by Gasteiger charge is 2.53. The Balaban J connectivity index is 0.890. The van der Waals surface area contributed by atoms with Gasteiger partial charge in [-0.1, -0.05) is 92.7 Å². The molecule has 6 aromatic rings. The van der Waals surface area contributed by atoms with Crippen molar-refractivity contribution in [1.82, 2.24) is 40.4 Å². The molecule has 0 radical (unpaired) electrons. The van der Waals surface area contributed by atoms with E-state index in [4.69, 9.17) is 28.9 Å². The molecule has 4 atom stereocenters. The number of alkyl carbamates (subject to hydrolysis) is 2. The van der Waals surface area contributed by atoms with E-state index >= 15 is 0 Å². The second-order valence-corrected chi connectivity index (χ2v) is 17.0. The van der Waals surface area contributed by atoms with Crippen LogP contribution in [0.1, 0.15) is 68.4 Å². The second kappa shape index (κ2) is 18.2. The summed E-state index contributed by atoms with van der Waals surface area (Å²) < 4.78 is 21.7. The largest absolute Gasteiger partial charge is 0.453 e. The fraction of sp³-hybridized carbons (Fsp3) is 0.347. The highest BCUT2D eigenvalue weighted by Crippen LogP contribution is 2.43. The number of rotatable bonds is 11. The van der Waals surface area contributed by atoms with Crippen molar-refractivity contribution < 1.29 is 38.1 Å². The Kier molecular flexibility index (Phi) is 12.1. The first-order valence-electron chi connectivity index (χ1n) is 21.9. The molecule has 0 aliphatic carbocycles. The van der Waals surface area contributed by atoms with E-state index in [1.807, 2.05) is 44.2 Å². The minimum absolute atomic E-state index is 0.195. The van der Waals surface area contributed by atoms with Crippen LogP contribution >= 0.6 is 0 Å². The molecular weight excluding hydrogens is 829 g/mol. The van der Waals surface area contributed by atoms with Gasteiger partial charge < -0.3 is 49.3 Å². The van der Waals surface area contributed by atoms with E-state index in [0.29, 0.717) is 43.4 Å². The maximum atomic E-state index is 14.0. The number of methoxy groups -OCH3 is 2. The molecule has 3 aliphatic heterocycles. The minimum atomic E-state index is -0.939. The van der Waals surface area contributed by atoms with Crippen LogP contribution in [-0.4, -0.2) is 106 Å². The van der Waals surface area contributed by atoms with Crippen molar-refractivity contribution in [2.24, 2.45) is 5.92 Å². The SMILES string of the molecule is COC(=O)NC(C(=O)N1CC2(C[C@H]1c1ncc(-c3ccc4cc(-c5ccc(-c6cnc([C@@H]7CCCN7C(=O)[C@H](NC(=O)OC)c7ccccc7)[nH]6)cc5)ccc4c3)[nH]1)OCCO2)C(C)C. The number of carbonyl (C=O) groups excluding carboxylic acids is 4. The third kappa shape index (κ3) is 8.78. The molecule has 4 N–H and O–H groups in total. The number of likely N-dealkylation sites (tertiary alicyclic amines) is 2. The lowest BCUT2D eigenvalue weighted by Crippen LogP contribution is -2.52. The van der Waals surface area contributed by atoms with Crippen LogP contribution in [0.15, 0.2) is 103 Å². The zero-order valence-electron chi connectivity index (χ0n) is 36.7. The first-order valence-corrected chi connectivity index (χ1v) is 21.9. The van der Waals surface area contributed by atoms with E-state index in [0.717, 1.165) is 57.3 Å². The van der Waals surface area contributed by atoms with Crippen LogP contribution in [0.5, 0.6) is 0 Å². The zero-order valence-corrected chi connectivity index (χ0v) is 36.7. The third-order valence-corrected chi connectivity index (χ3v) is 12.6. The van der Waals surface area contributed by atoms with E-state index in [1.165, 1.54) is 14.2 Å². The van der Waals surface area contributed by atoms with Gasteiger partial charge in [0.05, 0.1) is 69.8 Å². The van der Waals surface area contributed by atoms with Gasteiger partial charge in [0, 0.05) is 18.5 Å². The number of aromatic amines is 2. The van der Waals surface area contributed by atoms with Gasteiger partial charge in [-0.15, -0.1) is 0 Å². The Labute approximate surface area is 376 Å². The molecule has 4 aromatic carbocycles. The summed E-state index contributed by atoms with van der Waals surface area (Å²) in [6, 6.07) is 27.7. The van der Waals surface area contributed by atoms with E-state index < -0.39 is 36.1 Å². The Hall–Kier alpha value is -7.04. The first-order chi connectivity index (χ1) is 31.5. The normalized spacial score (nSPS) is 18.8. The average molecular weight is 881 g/mol. The predicted octanol–water partition coefficient (Wildman–Crippen LogP) is 7.44. The molecule has 3 fully saturated rings. The summed E-state index contributed by atoms with van der Waals surface area (Å²) in [5.41, 5.74) is 6.35. The molecule has 5 heterocycles. The van der Waals surface area contributed by atoms with Crippen LogP contribution in [0.4, 0.5) is 9.59 Å². The average Bonchev–Trinajstić information content (AvgIpc) is 4.21. The lowest BCUT2D eigenvalue weighted by atomic mass is 9.98. The minimum Gasteiger partial charge on any atom is -0.453 e. The number of ether oxygens (including phenoxy) is 4. The number of H-pyrrole nitrogens is 2. The summed E-state index contributed by atoms with van der Waals surface area (Å²) in [5, 5.41) is 7.54. The van der Waals surface area contributed by atoms with Crippen molar-refractivity contribution in [3.8, 4) is 33.6 Å². The topological polar surface area (TPSA) is 193 Å². The molecule has 16 heteroatoms. The molecule has 0 saturated carbocycles. The molecule has 0 bridgehead atoms. The fourth-order valence-electron chi connectivity index (χ4n) is 9.23. The molecule has 3 aliphatic rings. The van der Waals surface area contributed by atoms with Gasteiger partial charge in [-0.3, -0.25) is 9.59 Å². The highest BCUT2D eigenvalue weighted by atomic mass is 16.7. The molecule has 1 unspecified atom stereocenters. The number of aromatic nitrogens is 4. The number of nitrogens with one attached hydrogen (secondary N) is 4. The Morgan fingerprint density at radius 3 is 1.95 bits per heavy atom. The van der Waals surface area contributed by atoms with Crippen LogP contribution in [0.2, 0.25) is 0 Å². The number of nitrogens with zero attached hydrogens (tertiary/aromatic N) is 4. The smallest absolute Gasteiger partial charge is 0.407 e. The first kappa shape index (κ1) is 43.2. The van der Waals surface area contributed by atoms with Gasteiger partial charge in [-0.05, 0) is 63.9 Å². The van der Waals surface area contributed by atoms with Crippen molar-refractivity contribution in [2.75, 3.05) is 40.5 Å². The quantitative estimate of drug-likeness (QED) is 0.102. The molecule has 9 rings (SSSR count). The molecule has 65 heavy (non-hydrogen) atoms. The molecule has 336 valence electrons. The summed E-state index contributed by atoms with van der Waals surface area (Å²) in [5.74, 6) is -0.311. The van der Waals surface area contributed by atoms with Gasteiger partial charge in [0.2, 0.25) is 5.91 Å². The lowest BCUT2D eigenvalue weighted by Gasteiger charge is -2.30. The van der Waals surface area contributed by atoms with E-state index in [2.05, 4.69) is 81.3 Å². The lowest BCUT2D eigenvalue weighted by molar-refractivity contribution is -0.153. The number of imidazole rings is 2. The summed E-state index contributed by atoms with van der Waals surface area (Å²) in [6.45, 7) is 5.38. The van der Waals surface area contributed by atoms with Gasteiger partial charge in [0.25, 0.3) is 5.91 Å². The number of benzene rings is 4. The summed E-state index contributed by atoms with van der Waals surface area (Å²) in [6.07, 6.45) is 4.19. The standard InChI is InChI=1S/C49H52N8O8/c1-29(2)41(54-47(60)62-3)45(58)57-28-49(64-21-22-65-49)25-40(57)44-51-27-38(53-44)36-19-18-34-23-33(16-17-35(34)24-36)30-12-14-31(15-13-30)37-26-50-43(52-37)39-11-8-20-56(39)46(59)42(55-48(61)63-4)32-9-6-5-7-10-32/h5-7,9-10,12-19,23-24,26-27,29,39-42H,8,11,20-22,25,28H2,1-4H3,(H,50,52)(H,51,53)(H,54,60)(H,55,61)/t39-,40-,41?,42+/m0/s1. The molecule has 2 aromatic heterocycles. The van der Waals surface area contributed by atoms with Crippen LogP contribution in [0, 0.1) is 5.92 Å². The number of hydrogen-bond acceptors (Lipinski definition) is 10. The Morgan fingerprint density at radius 1 is 0.708 bits per heavy atom. The molecule has 4 amide bonds. The van der Waals surface area contributed by atoms with Crippen LogP contribution in [-0.2, 0) is 28.5 Å². The van der Waals surface area contributed by atoms with Crippen molar-refractivity contribution in [3.05, 3.63) is 121 Å². The Bertz CT molecular complexity index is 2690. The fourth-order valence-corrected chi connectivity index (χ4v) is 9.23. The summed E-state index contributed by atoms with van der Waals surface area (Å²) >= 11 is 0. The van der Waals surface area contributed by atoms with Gasteiger partial charge in [0.1, 0.15) is 23.7 Å².